The molecule has 2 aliphatic rings. The van der Waals surface area contributed by atoms with Crippen LogP contribution in [0.5, 0.6) is 5.75 Å². The molecule has 0 radical (unpaired) electrons. The van der Waals surface area contributed by atoms with E-state index in [1.54, 1.807) is 6.07 Å². The van der Waals surface area contributed by atoms with Gasteiger partial charge in [-0.1, -0.05) is 12.1 Å². The minimum atomic E-state index is -0.525. The normalized spacial score (nSPS) is 26.1. The highest BCUT2D eigenvalue weighted by Gasteiger charge is 2.38. The number of hydrogen-bond donors (Lipinski definition) is 1. The number of benzene rings is 1. The van der Waals surface area contributed by atoms with Gasteiger partial charge in [0.05, 0.1) is 18.8 Å². The minimum absolute atomic E-state index is 0.119. The number of ether oxygens (including phenoxy) is 2. The van der Waals surface area contributed by atoms with Crippen LogP contribution in [0.2, 0.25) is 0 Å². The molecule has 0 bridgehead atoms. The molecule has 1 unspecified atom stereocenters. The van der Waals surface area contributed by atoms with Crippen molar-refractivity contribution < 1.29 is 23.9 Å². The molecule has 6 heteroatoms. The molecule has 0 aliphatic carbocycles. The van der Waals surface area contributed by atoms with Crippen molar-refractivity contribution in [2.45, 2.75) is 51.6 Å². The van der Waals surface area contributed by atoms with Gasteiger partial charge in [0.2, 0.25) is 0 Å². The molecule has 2 aliphatic heterocycles. The van der Waals surface area contributed by atoms with Crippen LogP contribution < -0.4 is 5.46 Å². The summed E-state index contributed by atoms with van der Waals surface area (Å²) in [4.78, 5) is 0. The fourth-order valence-corrected chi connectivity index (χ4v) is 3.04. The standard InChI is InChI=1S/C16H23BO5/c1-11-10-16(2,3)22-17(21-11)12-5-6-14(18)13(9-12)15-19-7-4-8-20-15/h5-6,9,11,15,18H,4,7-8,10H2,1-3H3. The van der Waals surface area contributed by atoms with E-state index in [2.05, 4.69) is 13.8 Å². The van der Waals surface area contributed by atoms with Gasteiger partial charge in [0.1, 0.15) is 5.75 Å². The van der Waals surface area contributed by atoms with Crippen molar-refractivity contribution in [1.82, 2.24) is 0 Å². The lowest BCUT2D eigenvalue weighted by Crippen LogP contribution is -2.51. The summed E-state index contributed by atoms with van der Waals surface area (Å²) in [6, 6.07) is 5.32. The molecular weight excluding hydrogens is 283 g/mol. The van der Waals surface area contributed by atoms with Crippen LogP contribution in [-0.2, 0) is 18.8 Å². The molecule has 1 aromatic rings. The molecule has 1 N–H and O–H groups in total. The molecule has 1 atom stereocenters. The highest BCUT2D eigenvalue weighted by Crippen LogP contribution is 2.30. The van der Waals surface area contributed by atoms with Gasteiger partial charge in [0, 0.05) is 11.7 Å². The smallest absolute Gasteiger partial charge is 0.494 e. The van der Waals surface area contributed by atoms with Gasteiger partial charge in [-0.15, -0.1) is 0 Å². The fourth-order valence-electron chi connectivity index (χ4n) is 3.04. The molecule has 0 saturated carbocycles. The Morgan fingerprint density at radius 3 is 2.64 bits per heavy atom. The third-order valence-corrected chi connectivity index (χ3v) is 3.97. The van der Waals surface area contributed by atoms with Gasteiger partial charge in [0.15, 0.2) is 6.29 Å². The largest absolute Gasteiger partial charge is 0.507 e. The van der Waals surface area contributed by atoms with E-state index in [-0.39, 0.29) is 17.5 Å². The van der Waals surface area contributed by atoms with Crippen LogP contribution in [0.25, 0.3) is 0 Å². The molecule has 2 heterocycles. The zero-order valence-corrected chi connectivity index (χ0v) is 13.4. The quantitative estimate of drug-likeness (QED) is 0.848. The van der Waals surface area contributed by atoms with Gasteiger partial charge in [0.25, 0.3) is 0 Å². The van der Waals surface area contributed by atoms with Crippen LogP contribution in [-0.4, -0.2) is 37.1 Å². The second-order valence-corrected chi connectivity index (χ2v) is 6.61. The Morgan fingerprint density at radius 1 is 1.23 bits per heavy atom. The van der Waals surface area contributed by atoms with Crippen molar-refractivity contribution in [3.8, 4) is 5.75 Å². The van der Waals surface area contributed by atoms with Gasteiger partial charge in [-0.2, -0.15) is 0 Å². The summed E-state index contributed by atoms with van der Waals surface area (Å²) in [6.07, 6.45) is 1.32. The molecule has 1 aromatic carbocycles. The van der Waals surface area contributed by atoms with Crippen LogP contribution in [0, 0.1) is 0 Å². The van der Waals surface area contributed by atoms with Crippen LogP contribution in [0.15, 0.2) is 18.2 Å². The third kappa shape index (κ3) is 3.46. The Labute approximate surface area is 131 Å². The Bertz CT molecular complexity index is 527. The first-order chi connectivity index (χ1) is 10.4. The number of phenols is 1. The molecule has 0 aromatic heterocycles. The van der Waals surface area contributed by atoms with Crippen molar-refractivity contribution >= 4 is 12.6 Å². The van der Waals surface area contributed by atoms with Crippen molar-refractivity contribution in [3.63, 3.8) is 0 Å². The minimum Gasteiger partial charge on any atom is -0.507 e. The van der Waals surface area contributed by atoms with Crippen molar-refractivity contribution in [1.29, 1.82) is 0 Å². The lowest BCUT2D eigenvalue weighted by molar-refractivity contribution is -0.183. The highest BCUT2D eigenvalue weighted by atomic mass is 16.7. The first-order valence-electron chi connectivity index (χ1n) is 7.84. The number of rotatable bonds is 2. The van der Waals surface area contributed by atoms with Crippen molar-refractivity contribution in [3.05, 3.63) is 23.8 Å². The lowest BCUT2D eigenvalue weighted by atomic mass is 9.74. The molecule has 0 amide bonds. The lowest BCUT2D eigenvalue weighted by Gasteiger charge is -2.38. The summed E-state index contributed by atoms with van der Waals surface area (Å²) < 4.78 is 23.1. The molecule has 2 fully saturated rings. The zero-order valence-electron chi connectivity index (χ0n) is 13.4. The van der Waals surface area contributed by atoms with Crippen molar-refractivity contribution in [2.75, 3.05) is 13.2 Å². The predicted octanol–water partition coefficient (Wildman–Crippen LogP) is 2.13. The highest BCUT2D eigenvalue weighted by molar-refractivity contribution is 6.61. The Hall–Kier alpha value is -1.08. The van der Waals surface area contributed by atoms with E-state index < -0.39 is 13.4 Å². The van der Waals surface area contributed by atoms with Crippen LogP contribution in [0.3, 0.4) is 0 Å². The fraction of sp³-hybridized carbons (Fsp3) is 0.625. The van der Waals surface area contributed by atoms with Crippen LogP contribution in [0.4, 0.5) is 0 Å². The van der Waals surface area contributed by atoms with E-state index >= 15 is 0 Å². The molecule has 0 spiro atoms. The van der Waals surface area contributed by atoms with Gasteiger partial charge < -0.3 is 23.9 Å². The van der Waals surface area contributed by atoms with E-state index in [0.717, 1.165) is 18.3 Å². The summed E-state index contributed by atoms with van der Waals surface area (Å²) in [6.45, 7) is 7.44. The molecule has 2 saturated heterocycles. The SMILES string of the molecule is CC1CC(C)(C)OB(c2ccc(O)c(C3OCCCO3)c2)O1. The van der Waals surface area contributed by atoms with Gasteiger partial charge >= 0.3 is 7.12 Å². The summed E-state index contributed by atoms with van der Waals surface area (Å²) in [5.74, 6) is 0.166. The maximum atomic E-state index is 10.1. The summed E-state index contributed by atoms with van der Waals surface area (Å²) in [5, 5.41) is 10.1. The summed E-state index contributed by atoms with van der Waals surface area (Å²) in [5.41, 5.74) is 1.25. The number of aromatic hydroxyl groups is 1. The van der Waals surface area contributed by atoms with Crippen LogP contribution >= 0.6 is 0 Å². The van der Waals surface area contributed by atoms with Gasteiger partial charge in [-0.25, -0.2) is 0 Å². The number of hydrogen-bond acceptors (Lipinski definition) is 5. The average molecular weight is 306 g/mol. The van der Waals surface area contributed by atoms with E-state index in [1.807, 2.05) is 19.1 Å². The molecule has 120 valence electrons. The van der Waals surface area contributed by atoms with Gasteiger partial charge in [-0.3, -0.25) is 0 Å². The first kappa shape index (κ1) is 15.8. The average Bonchev–Trinajstić information content (AvgIpc) is 2.46. The zero-order chi connectivity index (χ0) is 15.7. The topological polar surface area (TPSA) is 57.2 Å². The monoisotopic (exact) mass is 306 g/mol. The molecule has 5 nitrogen and oxygen atoms in total. The van der Waals surface area contributed by atoms with Crippen LogP contribution in [0.1, 0.15) is 45.5 Å². The Balaban J connectivity index is 1.85. The third-order valence-electron chi connectivity index (χ3n) is 3.97. The molecule has 22 heavy (non-hydrogen) atoms. The summed E-state index contributed by atoms with van der Waals surface area (Å²) >= 11 is 0. The van der Waals surface area contributed by atoms with E-state index in [1.165, 1.54) is 0 Å². The second-order valence-electron chi connectivity index (χ2n) is 6.61. The maximum Gasteiger partial charge on any atom is 0.494 e. The van der Waals surface area contributed by atoms with Gasteiger partial charge in [-0.05, 0) is 45.1 Å². The van der Waals surface area contributed by atoms with E-state index in [4.69, 9.17) is 18.8 Å². The summed E-state index contributed by atoms with van der Waals surface area (Å²) in [7, 11) is -0.443. The van der Waals surface area contributed by atoms with E-state index in [9.17, 15) is 5.11 Å². The van der Waals surface area contributed by atoms with Crippen molar-refractivity contribution in [2.24, 2.45) is 0 Å². The predicted molar refractivity (Wildman–Crippen MR) is 83.1 cm³/mol. The molecular formula is C16H23BO5. The Kier molecular flexibility index (Phi) is 4.45. The maximum absolute atomic E-state index is 10.1. The second kappa shape index (κ2) is 6.20. The van der Waals surface area contributed by atoms with E-state index in [0.29, 0.717) is 18.8 Å². The Morgan fingerprint density at radius 2 is 1.95 bits per heavy atom. The first-order valence-corrected chi connectivity index (χ1v) is 7.84. The molecule has 3 rings (SSSR count). The number of phenolic OH excluding ortho intramolecular Hbond substituents is 1.